The van der Waals surface area contributed by atoms with Crippen LogP contribution in [0.15, 0.2) is 54.6 Å². The van der Waals surface area contributed by atoms with Crippen LogP contribution in [0.4, 0.5) is 4.39 Å². The summed E-state index contributed by atoms with van der Waals surface area (Å²) in [7, 11) is 1.92. The maximum atomic E-state index is 13.5. The second kappa shape index (κ2) is 6.65. The largest absolute Gasteiger partial charge is 0.493 e. The van der Waals surface area contributed by atoms with Crippen molar-refractivity contribution in [2.45, 2.75) is 13.3 Å². The summed E-state index contributed by atoms with van der Waals surface area (Å²) in [6.45, 7) is 2.37. The zero-order chi connectivity index (χ0) is 16.2. The predicted molar refractivity (Wildman–Crippen MR) is 89.0 cm³/mol. The Morgan fingerprint density at radius 1 is 1.09 bits per heavy atom. The standard InChI is InChI=1S/C19H19FN2O/c1-3-23-19-12-15(20)9-10-17(19)18-13-16(22(2)21-18)11-14-7-5-4-6-8-14/h4-10,12-13H,3,11H2,1-2H3. The van der Waals surface area contributed by atoms with Crippen molar-refractivity contribution in [3.8, 4) is 17.0 Å². The first-order chi connectivity index (χ1) is 11.2. The number of hydrogen-bond acceptors (Lipinski definition) is 2. The molecule has 0 aliphatic rings. The Hall–Kier alpha value is -2.62. The van der Waals surface area contributed by atoms with Crippen molar-refractivity contribution in [1.29, 1.82) is 0 Å². The lowest BCUT2D eigenvalue weighted by atomic mass is 10.1. The molecule has 0 aliphatic heterocycles. The van der Waals surface area contributed by atoms with Crippen LogP contribution in [0.1, 0.15) is 18.2 Å². The minimum absolute atomic E-state index is 0.308. The van der Waals surface area contributed by atoms with Gasteiger partial charge < -0.3 is 4.74 Å². The normalized spacial score (nSPS) is 10.7. The summed E-state index contributed by atoms with van der Waals surface area (Å²) < 4.78 is 20.9. The Labute approximate surface area is 135 Å². The van der Waals surface area contributed by atoms with Crippen LogP contribution in [0.5, 0.6) is 5.75 Å². The van der Waals surface area contributed by atoms with E-state index in [4.69, 9.17) is 4.74 Å². The molecule has 0 fully saturated rings. The van der Waals surface area contributed by atoms with Gasteiger partial charge in [0.1, 0.15) is 11.6 Å². The highest BCUT2D eigenvalue weighted by molar-refractivity contribution is 5.67. The van der Waals surface area contributed by atoms with Crippen LogP contribution in [0.2, 0.25) is 0 Å². The van der Waals surface area contributed by atoms with Crippen molar-refractivity contribution >= 4 is 0 Å². The van der Waals surface area contributed by atoms with Crippen LogP contribution in [0.3, 0.4) is 0 Å². The van der Waals surface area contributed by atoms with Gasteiger partial charge in [-0.25, -0.2) is 4.39 Å². The number of aromatic nitrogens is 2. The predicted octanol–water partition coefficient (Wildman–Crippen LogP) is 4.22. The molecule has 3 nitrogen and oxygen atoms in total. The molecule has 0 spiro atoms. The summed E-state index contributed by atoms with van der Waals surface area (Å²) in [5, 5.41) is 4.56. The maximum absolute atomic E-state index is 13.5. The third-order valence-electron chi connectivity index (χ3n) is 3.72. The molecule has 1 heterocycles. The van der Waals surface area contributed by atoms with Gasteiger partial charge >= 0.3 is 0 Å². The van der Waals surface area contributed by atoms with Crippen LogP contribution >= 0.6 is 0 Å². The molecule has 0 N–H and O–H groups in total. The molecule has 0 aliphatic carbocycles. The first-order valence-corrected chi connectivity index (χ1v) is 7.67. The number of benzene rings is 2. The second-order valence-corrected chi connectivity index (χ2v) is 5.38. The van der Waals surface area contributed by atoms with Gasteiger partial charge in [0.05, 0.1) is 12.3 Å². The van der Waals surface area contributed by atoms with E-state index in [2.05, 4.69) is 17.2 Å². The third kappa shape index (κ3) is 3.42. The summed E-state index contributed by atoms with van der Waals surface area (Å²) in [6.07, 6.45) is 0.801. The Morgan fingerprint density at radius 3 is 2.61 bits per heavy atom. The minimum Gasteiger partial charge on any atom is -0.493 e. The Morgan fingerprint density at radius 2 is 1.87 bits per heavy atom. The fourth-order valence-electron chi connectivity index (χ4n) is 2.59. The molecule has 2 aromatic carbocycles. The van der Waals surface area contributed by atoms with E-state index >= 15 is 0 Å². The molecule has 3 rings (SSSR count). The van der Waals surface area contributed by atoms with Crippen molar-refractivity contribution in [3.63, 3.8) is 0 Å². The van der Waals surface area contributed by atoms with Gasteiger partial charge in [-0.2, -0.15) is 5.10 Å². The highest BCUT2D eigenvalue weighted by Crippen LogP contribution is 2.30. The molecular weight excluding hydrogens is 291 g/mol. The minimum atomic E-state index is -0.308. The van der Waals surface area contributed by atoms with Crippen molar-refractivity contribution in [2.24, 2.45) is 7.05 Å². The molecule has 0 bridgehead atoms. The van der Waals surface area contributed by atoms with E-state index in [9.17, 15) is 4.39 Å². The van der Waals surface area contributed by atoms with E-state index in [0.717, 1.165) is 23.4 Å². The van der Waals surface area contributed by atoms with Crippen molar-refractivity contribution in [3.05, 3.63) is 71.7 Å². The first kappa shape index (κ1) is 15.3. The number of hydrogen-bond donors (Lipinski definition) is 0. The molecule has 118 valence electrons. The molecule has 4 heteroatoms. The Kier molecular flexibility index (Phi) is 4.42. The topological polar surface area (TPSA) is 27.1 Å². The van der Waals surface area contributed by atoms with Gasteiger partial charge in [-0.3, -0.25) is 4.68 Å². The monoisotopic (exact) mass is 310 g/mol. The average Bonchev–Trinajstić information content (AvgIpc) is 2.89. The SMILES string of the molecule is CCOc1cc(F)ccc1-c1cc(Cc2ccccc2)n(C)n1. The average molecular weight is 310 g/mol. The number of nitrogens with zero attached hydrogens (tertiary/aromatic N) is 2. The van der Waals surface area contributed by atoms with Gasteiger partial charge in [0.2, 0.25) is 0 Å². The summed E-state index contributed by atoms with van der Waals surface area (Å²) in [5.74, 6) is 0.217. The van der Waals surface area contributed by atoms with Gasteiger partial charge in [0.25, 0.3) is 0 Å². The first-order valence-electron chi connectivity index (χ1n) is 7.67. The van der Waals surface area contributed by atoms with Gasteiger partial charge in [0, 0.05) is 30.8 Å². The molecule has 0 unspecified atom stereocenters. The summed E-state index contributed by atoms with van der Waals surface area (Å²) >= 11 is 0. The quantitative estimate of drug-likeness (QED) is 0.705. The Bertz CT molecular complexity index is 796. The van der Waals surface area contributed by atoms with E-state index in [1.54, 1.807) is 6.07 Å². The van der Waals surface area contributed by atoms with Crippen LogP contribution in [0.25, 0.3) is 11.3 Å². The van der Waals surface area contributed by atoms with Gasteiger partial charge in [-0.1, -0.05) is 30.3 Å². The van der Waals surface area contributed by atoms with E-state index in [1.807, 2.05) is 42.9 Å². The van der Waals surface area contributed by atoms with Crippen LogP contribution in [-0.2, 0) is 13.5 Å². The number of rotatable bonds is 5. The highest BCUT2D eigenvalue weighted by atomic mass is 19.1. The van der Waals surface area contributed by atoms with Crippen LogP contribution in [0, 0.1) is 5.82 Å². The smallest absolute Gasteiger partial charge is 0.131 e. The highest BCUT2D eigenvalue weighted by Gasteiger charge is 2.13. The lowest BCUT2D eigenvalue weighted by Gasteiger charge is -2.08. The van der Waals surface area contributed by atoms with E-state index < -0.39 is 0 Å². The molecule has 0 saturated carbocycles. The van der Waals surface area contributed by atoms with Crippen molar-refractivity contribution in [2.75, 3.05) is 6.61 Å². The maximum Gasteiger partial charge on any atom is 0.131 e. The van der Waals surface area contributed by atoms with Crippen molar-refractivity contribution in [1.82, 2.24) is 9.78 Å². The fourth-order valence-corrected chi connectivity index (χ4v) is 2.59. The summed E-state index contributed by atoms with van der Waals surface area (Å²) in [6, 6.07) is 16.8. The molecule has 23 heavy (non-hydrogen) atoms. The summed E-state index contributed by atoms with van der Waals surface area (Å²) in [5.41, 5.74) is 3.93. The lowest BCUT2D eigenvalue weighted by Crippen LogP contribution is -1.99. The van der Waals surface area contributed by atoms with Crippen molar-refractivity contribution < 1.29 is 9.13 Å². The second-order valence-electron chi connectivity index (χ2n) is 5.38. The van der Waals surface area contributed by atoms with E-state index in [1.165, 1.54) is 17.7 Å². The lowest BCUT2D eigenvalue weighted by molar-refractivity contribution is 0.339. The zero-order valence-electron chi connectivity index (χ0n) is 13.3. The number of aryl methyl sites for hydroxylation is 1. The molecule has 0 atom stereocenters. The van der Waals surface area contributed by atoms with Gasteiger partial charge in [-0.05, 0) is 30.7 Å². The van der Waals surface area contributed by atoms with Crippen LogP contribution in [-0.4, -0.2) is 16.4 Å². The molecular formula is C19H19FN2O. The van der Waals surface area contributed by atoms with Crippen LogP contribution < -0.4 is 4.74 Å². The molecule has 3 aromatic rings. The van der Waals surface area contributed by atoms with E-state index in [0.29, 0.717) is 12.4 Å². The molecule has 0 amide bonds. The molecule has 1 aromatic heterocycles. The number of ether oxygens (including phenoxy) is 1. The van der Waals surface area contributed by atoms with Gasteiger partial charge in [0.15, 0.2) is 0 Å². The number of halogens is 1. The Balaban J connectivity index is 1.94. The third-order valence-corrected chi connectivity index (χ3v) is 3.72. The fraction of sp³-hybridized carbons (Fsp3) is 0.211. The summed E-state index contributed by atoms with van der Waals surface area (Å²) in [4.78, 5) is 0. The molecule has 0 radical (unpaired) electrons. The van der Waals surface area contributed by atoms with E-state index in [-0.39, 0.29) is 5.82 Å². The zero-order valence-corrected chi connectivity index (χ0v) is 13.3. The van der Waals surface area contributed by atoms with Gasteiger partial charge in [-0.15, -0.1) is 0 Å². The molecule has 0 saturated heterocycles.